The third-order valence-electron chi connectivity index (χ3n) is 1.02. The molecule has 10 heavy (non-hydrogen) atoms. The zero-order chi connectivity index (χ0) is 7.56. The van der Waals surface area contributed by atoms with E-state index >= 15 is 0 Å². The molecule has 1 heterocycles. The number of hydrogen-bond donors (Lipinski definition) is 1. The Balaban J connectivity index is 3.03. The molecule has 0 unspecified atom stereocenters. The summed E-state index contributed by atoms with van der Waals surface area (Å²) >= 11 is 0. The molecule has 0 aromatic carbocycles. The van der Waals surface area contributed by atoms with Crippen molar-refractivity contribution in [1.82, 2.24) is 4.98 Å². The van der Waals surface area contributed by atoms with Crippen LogP contribution in [-0.2, 0) is 0 Å². The van der Waals surface area contributed by atoms with E-state index in [9.17, 15) is 8.78 Å². The highest BCUT2D eigenvalue weighted by atomic mass is 19.3. The first kappa shape index (κ1) is 6.92. The van der Waals surface area contributed by atoms with Crippen LogP contribution in [0.5, 0.6) is 5.75 Å². The maximum atomic E-state index is 11.8. The summed E-state index contributed by atoms with van der Waals surface area (Å²) < 4.78 is 23.6. The topological polar surface area (TPSA) is 33.1 Å². The van der Waals surface area contributed by atoms with Crippen molar-refractivity contribution in [2.75, 3.05) is 0 Å². The molecule has 0 aliphatic rings. The molecule has 1 aromatic heterocycles. The van der Waals surface area contributed by atoms with Gasteiger partial charge < -0.3 is 5.11 Å². The van der Waals surface area contributed by atoms with E-state index in [1.54, 1.807) is 0 Å². The predicted molar refractivity (Wildman–Crippen MR) is 30.9 cm³/mol. The van der Waals surface area contributed by atoms with E-state index in [1.807, 2.05) is 0 Å². The lowest BCUT2D eigenvalue weighted by Gasteiger charge is -1.98. The molecule has 0 fully saturated rings. The van der Waals surface area contributed by atoms with Gasteiger partial charge in [0.1, 0.15) is 11.4 Å². The number of rotatable bonds is 1. The lowest BCUT2D eigenvalue weighted by Crippen LogP contribution is -1.88. The fourth-order valence-electron chi connectivity index (χ4n) is 0.577. The van der Waals surface area contributed by atoms with Gasteiger partial charge in [0, 0.05) is 6.20 Å². The van der Waals surface area contributed by atoms with E-state index in [-0.39, 0.29) is 0 Å². The summed E-state index contributed by atoms with van der Waals surface area (Å²) in [6, 6.07) is 2.57. The van der Waals surface area contributed by atoms with Crippen LogP contribution in [0, 0.1) is 0 Å². The van der Waals surface area contributed by atoms with Gasteiger partial charge in [-0.1, -0.05) is 0 Å². The van der Waals surface area contributed by atoms with Crippen molar-refractivity contribution >= 4 is 0 Å². The summed E-state index contributed by atoms with van der Waals surface area (Å²) in [7, 11) is 0. The van der Waals surface area contributed by atoms with Gasteiger partial charge in [-0.05, 0) is 12.1 Å². The quantitative estimate of drug-likeness (QED) is 0.652. The lowest BCUT2D eigenvalue weighted by molar-refractivity contribution is 0.142. The first-order chi connectivity index (χ1) is 4.72. The average molecular weight is 145 g/mol. The maximum Gasteiger partial charge on any atom is 0.284 e. The number of halogens is 2. The SMILES string of the molecule is Oc1cccnc1C(F)F. The van der Waals surface area contributed by atoms with Crippen molar-refractivity contribution < 1.29 is 13.9 Å². The highest BCUT2D eigenvalue weighted by molar-refractivity contribution is 5.25. The smallest absolute Gasteiger partial charge is 0.284 e. The average Bonchev–Trinajstić information content (AvgIpc) is 1.88. The van der Waals surface area contributed by atoms with E-state index < -0.39 is 17.9 Å². The van der Waals surface area contributed by atoms with Gasteiger partial charge in [0.05, 0.1) is 0 Å². The maximum absolute atomic E-state index is 11.8. The van der Waals surface area contributed by atoms with Crippen molar-refractivity contribution in [2.24, 2.45) is 0 Å². The van der Waals surface area contributed by atoms with Crippen LogP contribution in [0.4, 0.5) is 8.78 Å². The molecule has 1 aromatic rings. The third kappa shape index (κ3) is 1.21. The molecule has 54 valence electrons. The highest BCUT2D eigenvalue weighted by Gasteiger charge is 2.12. The fraction of sp³-hybridized carbons (Fsp3) is 0.167. The van der Waals surface area contributed by atoms with Crippen LogP contribution in [0.15, 0.2) is 18.3 Å². The van der Waals surface area contributed by atoms with E-state index in [2.05, 4.69) is 4.98 Å². The number of hydrogen-bond acceptors (Lipinski definition) is 2. The first-order valence-electron chi connectivity index (χ1n) is 2.64. The minimum absolute atomic E-state index is 0.461. The molecule has 0 spiro atoms. The zero-order valence-electron chi connectivity index (χ0n) is 4.96. The normalized spacial score (nSPS) is 10.3. The molecule has 2 nitrogen and oxygen atoms in total. The minimum Gasteiger partial charge on any atom is -0.506 e. The second-order valence-electron chi connectivity index (χ2n) is 1.71. The molecular formula is C6H5F2NO. The summed E-state index contributed by atoms with van der Waals surface area (Å²) in [5.41, 5.74) is -0.567. The Hall–Kier alpha value is -1.19. The van der Waals surface area contributed by atoms with Gasteiger partial charge in [0.2, 0.25) is 0 Å². The molecule has 0 radical (unpaired) electrons. The molecule has 1 rings (SSSR count). The van der Waals surface area contributed by atoms with E-state index in [0.29, 0.717) is 0 Å². The summed E-state index contributed by atoms with van der Waals surface area (Å²) in [4.78, 5) is 3.28. The number of aromatic hydroxyl groups is 1. The first-order valence-corrected chi connectivity index (χ1v) is 2.64. The van der Waals surface area contributed by atoms with Crippen LogP contribution in [-0.4, -0.2) is 10.1 Å². The van der Waals surface area contributed by atoms with Gasteiger partial charge in [-0.15, -0.1) is 0 Å². The van der Waals surface area contributed by atoms with Crippen LogP contribution in [0.2, 0.25) is 0 Å². The molecule has 0 bridgehead atoms. The van der Waals surface area contributed by atoms with Gasteiger partial charge >= 0.3 is 0 Å². The molecule has 0 atom stereocenters. The van der Waals surface area contributed by atoms with Crippen molar-refractivity contribution in [1.29, 1.82) is 0 Å². The second-order valence-corrected chi connectivity index (χ2v) is 1.71. The highest BCUT2D eigenvalue weighted by Crippen LogP contribution is 2.24. The zero-order valence-corrected chi connectivity index (χ0v) is 4.96. The fourth-order valence-corrected chi connectivity index (χ4v) is 0.577. The van der Waals surface area contributed by atoms with E-state index in [4.69, 9.17) is 5.11 Å². The third-order valence-corrected chi connectivity index (χ3v) is 1.02. The second kappa shape index (κ2) is 2.60. The predicted octanol–water partition coefficient (Wildman–Crippen LogP) is 1.72. The monoisotopic (exact) mass is 145 g/mol. The largest absolute Gasteiger partial charge is 0.506 e. The Kier molecular flexibility index (Phi) is 1.80. The van der Waals surface area contributed by atoms with Crippen LogP contribution in [0.25, 0.3) is 0 Å². The lowest BCUT2D eigenvalue weighted by atomic mass is 10.3. The van der Waals surface area contributed by atoms with Gasteiger partial charge in [-0.25, -0.2) is 8.78 Å². The van der Waals surface area contributed by atoms with Crippen molar-refractivity contribution in [3.05, 3.63) is 24.0 Å². The van der Waals surface area contributed by atoms with E-state index in [0.717, 1.165) is 0 Å². The van der Waals surface area contributed by atoms with Crippen LogP contribution >= 0.6 is 0 Å². The van der Waals surface area contributed by atoms with Crippen LogP contribution in [0.1, 0.15) is 12.1 Å². The molecule has 0 saturated heterocycles. The van der Waals surface area contributed by atoms with Crippen LogP contribution in [0.3, 0.4) is 0 Å². The number of aromatic nitrogens is 1. The molecule has 0 aliphatic heterocycles. The van der Waals surface area contributed by atoms with Gasteiger partial charge in [0.25, 0.3) is 6.43 Å². The van der Waals surface area contributed by atoms with Gasteiger partial charge in [0.15, 0.2) is 0 Å². The van der Waals surface area contributed by atoms with Crippen molar-refractivity contribution in [3.63, 3.8) is 0 Å². The number of pyridine rings is 1. The Morgan fingerprint density at radius 2 is 2.20 bits per heavy atom. The number of alkyl halides is 2. The van der Waals surface area contributed by atoms with Crippen molar-refractivity contribution in [3.8, 4) is 5.75 Å². The minimum atomic E-state index is -2.71. The van der Waals surface area contributed by atoms with Crippen LogP contribution < -0.4 is 0 Å². The number of nitrogens with zero attached hydrogens (tertiary/aromatic N) is 1. The molecule has 0 amide bonds. The standard InChI is InChI=1S/C6H5F2NO/c7-6(8)5-4(10)2-1-3-9-5/h1-3,6,10H. The molecule has 4 heteroatoms. The summed E-state index contributed by atoms with van der Waals surface area (Å²) in [6.45, 7) is 0. The summed E-state index contributed by atoms with van der Waals surface area (Å²) in [6.07, 6.45) is -1.50. The van der Waals surface area contributed by atoms with Gasteiger partial charge in [-0.2, -0.15) is 0 Å². The Labute approximate surface area is 56.1 Å². The summed E-state index contributed by atoms with van der Waals surface area (Å²) in [5, 5.41) is 8.74. The van der Waals surface area contributed by atoms with Crippen molar-refractivity contribution in [2.45, 2.75) is 6.43 Å². The summed E-state index contributed by atoms with van der Waals surface area (Å²) in [5.74, 6) is -0.461. The Morgan fingerprint density at radius 1 is 1.50 bits per heavy atom. The van der Waals surface area contributed by atoms with E-state index in [1.165, 1.54) is 18.3 Å². The molecule has 0 aliphatic carbocycles. The molecular weight excluding hydrogens is 140 g/mol. The Morgan fingerprint density at radius 3 is 2.60 bits per heavy atom. The molecule has 0 saturated carbocycles. The van der Waals surface area contributed by atoms with Gasteiger partial charge in [-0.3, -0.25) is 4.98 Å². The molecule has 1 N–H and O–H groups in total. The Bertz CT molecular complexity index is 227.